The lowest BCUT2D eigenvalue weighted by atomic mass is 9.89. The molecule has 0 bridgehead atoms. The van der Waals surface area contributed by atoms with Gasteiger partial charge in [0.1, 0.15) is 0 Å². The molecule has 0 spiro atoms. The number of ether oxygens (including phenoxy) is 1. The predicted octanol–water partition coefficient (Wildman–Crippen LogP) is 4.17. The van der Waals surface area contributed by atoms with Gasteiger partial charge in [-0.2, -0.15) is 0 Å². The van der Waals surface area contributed by atoms with Crippen molar-refractivity contribution in [3.8, 4) is 0 Å². The summed E-state index contributed by atoms with van der Waals surface area (Å²) in [7, 11) is 5.94. The highest BCUT2D eigenvalue weighted by molar-refractivity contribution is 5.06. The van der Waals surface area contributed by atoms with Crippen LogP contribution in [0.4, 0.5) is 0 Å². The van der Waals surface area contributed by atoms with Crippen LogP contribution in [0.2, 0.25) is 0 Å². The lowest BCUT2D eigenvalue weighted by Crippen LogP contribution is -2.21. The first-order chi connectivity index (χ1) is 13.0. The Labute approximate surface area is 167 Å². The zero-order chi connectivity index (χ0) is 20.1. The zero-order valence-corrected chi connectivity index (χ0v) is 18.0. The molecule has 158 valence electrons. The summed E-state index contributed by atoms with van der Waals surface area (Å²) >= 11 is 0. The molecule has 0 radical (unpaired) electrons. The number of hydrogen-bond donors (Lipinski definition) is 2. The van der Waals surface area contributed by atoms with Gasteiger partial charge in [-0.3, -0.25) is 0 Å². The lowest BCUT2D eigenvalue weighted by molar-refractivity contribution is 0.0746. The zero-order valence-electron chi connectivity index (χ0n) is 18.0. The first kappa shape index (κ1) is 24.4. The highest BCUT2D eigenvalue weighted by Crippen LogP contribution is 2.38. The van der Waals surface area contributed by atoms with Gasteiger partial charge in [0.2, 0.25) is 0 Å². The number of rotatable bonds is 14. The van der Waals surface area contributed by atoms with Crippen molar-refractivity contribution < 1.29 is 14.9 Å². The van der Waals surface area contributed by atoms with E-state index in [0.29, 0.717) is 6.42 Å². The van der Waals surface area contributed by atoms with E-state index in [1.807, 2.05) is 6.08 Å². The topological polar surface area (TPSA) is 52.9 Å². The van der Waals surface area contributed by atoms with E-state index in [9.17, 15) is 10.2 Å². The van der Waals surface area contributed by atoms with E-state index in [4.69, 9.17) is 4.74 Å². The number of aliphatic hydroxyl groups excluding tert-OH is 2. The van der Waals surface area contributed by atoms with Crippen LogP contribution in [0.3, 0.4) is 0 Å². The SMILES string of the molecule is CCCCCC(O)C=CC1C(OC)CC(O)C1CC=CCCCCN(C)C. The minimum atomic E-state index is -0.389. The van der Waals surface area contributed by atoms with Crippen molar-refractivity contribution in [2.45, 2.75) is 83.0 Å². The van der Waals surface area contributed by atoms with Gasteiger partial charge in [-0.25, -0.2) is 0 Å². The van der Waals surface area contributed by atoms with Gasteiger partial charge in [-0.1, -0.05) is 50.5 Å². The Morgan fingerprint density at radius 2 is 1.93 bits per heavy atom. The molecule has 1 rings (SSSR count). The van der Waals surface area contributed by atoms with E-state index in [0.717, 1.165) is 38.6 Å². The number of methoxy groups -OCH3 is 1. The van der Waals surface area contributed by atoms with Gasteiger partial charge in [0.05, 0.1) is 18.3 Å². The Morgan fingerprint density at radius 1 is 1.15 bits per heavy atom. The van der Waals surface area contributed by atoms with Crippen LogP contribution in [0.5, 0.6) is 0 Å². The molecule has 0 saturated heterocycles. The van der Waals surface area contributed by atoms with Crippen LogP contribution < -0.4 is 0 Å². The maximum atomic E-state index is 10.5. The first-order valence-electron chi connectivity index (χ1n) is 10.9. The summed E-state index contributed by atoms with van der Waals surface area (Å²) in [5, 5.41) is 20.7. The van der Waals surface area contributed by atoms with Gasteiger partial charge in [-0.05, 0) is 58.7 Å². The quantitative estimate of drug-likeness (QED) is 0.350. The van der Waals surface area contributed by atoms with E-state index >= 15 is 0 Å². The summed E-state index contributed by atoms with van der Waals surface area (Å²) < 4.78 is 5.62. The average molecular weight is 382 g/mol. The van der Waals surface area contributed by atoms with Crippen LogP contribution in [-0.2, 0) is 4.74 Å². The molecule has 2 N–H and O–H groups in total. The number of nitrogens with zero attached hydrogens (tertiary/aromatic N) is 1. The van der Waals surface area contributed by atoms with Crippen LogP contribution >= 0.6 is 0 Å². The van der Waals surface area contributed by atoms with Crippen LogP contribution in [0.1, 0.15) is 64.7 Å². The maximum Gasteiger partial charge on any atom is 0.0721 e. The molecule has 0 aliphatic heterocycles. The van der Waals surface area contributed by atoms with Gasteiger partial charge >= 0.3 is 0 Å². The van der Waals surface area contributed by atoms with E-state index in [2.05, 4.69) is 44.1 Å². The van der Waals surface area contributed by atoms with Gasteiger partial charge in [0.15, 0.2) is 0 Å². The molecule has 27 heavy (non-hydrogen) atoms. The van der Waals surface area contributed by atoms with E-state index in [1.165, 1.54) is 19.3 Å². The van der Waals surface area contributed by atoms with Crippen molar-refractivity contribution in [1.82, 2.24) is 4.90 Å². The molecule has 0 aromatic rings. The number of aliphatic hydroxyl groups is 2. The van der Waals surface area contributed by atoms with Crippen molar-refractivity contribution in [3.63, 3.8) is 0 Å². The summed E-state index contributed by atoms with van der Waals surface area (Å²) in [6.45, 7) is 3.31. The van der Waals surface area contributed by atoms with Gasteiger partial charge in [0, 0.05) is 19.4 Å². The number of hydrogen-bond acceptors (Lipinski definition) is 4. The summed E-state index contributed by atoms with van der Waals surface area (Å²) in [5.74, 6) is 0.344. The molecule has 0 heterocycles. The van der Waals surface area contributed by atoms with E-state index in [1.54, 1.807) is 7.11 Å². The highest BCUT2D eigenvalue weighted by atomic mass is 16.5. The van der Waals surface area contributed by atoms with Crippen LogP contribution in [0.15, 0.2) is 24.3 Å². The fourth-order valence-electron chi connectivity index (χ4n) is 3.95. The standard InChI is InChI=1S/C23H43NO3/c1-5-6-10-13-19(25)15-16-21-20(22(26)18-23(21)27-4)14-11-8-7-9-12-17-24(2)3/h8,11,15-16,19-23,25-26H,5-7,9-10,12-14,17-18H2,1-4H3. The molecular weight excluding hydrogens is 338 g/mol. The molecule has 5 atom stereocenters. The monoisotopic (exact) mass is 381 g/mol. The second-order valence-electron chi connectivity index (χ2n) is 8.27. The molecule has 1 aliphatic carbocycles. The third-order valence-electron chi connectivity index (χ3n) is 5.65. The van der Waals surface area contributed by atoms with Gasteiger partial charge in [-0.15, -0.1) is 0 Å². The van der Waals surface area contributed by atoms with Gasteiger partial charge < -0.3 is 19.8 Å². The van der Waals surface area contributed by atoms with Gasteiger partial charge in [0.25, 0.3) is 0 Å². The van der Waals surface area contributed by atoms with Crippen molar-refractivity contribution in [2.75, 3.05) is 27.7 Å². The average Bonchev–Trinajstić information content (AvgIpc) is 2.94. The Kier molecular flexibility index (Phi) is 12.9. The fourth-order valence-corrected chi connectivity index (χ4v) is 3.95. The highest BCUT2D eigenvalue weighted by Gasteiger charge is 2.40. The Bertz CT molecular complexity index is 422. The number of unbranched alkanes of at least 4 members (excludes halogenated alkanes) is 4. The largest absolute Gasteiger partial charge is 0.393 e. The van der Waals surface area contributed by atoms with Crippen molar-refractivity contribution >= 4 is 0 Å². The predicted molar refractivity (Wildman–Crippen MR) is 114 cm³/mol. The van der Waals surface area contributed by atoms with Crippen LogP contribution in [0, 0.1) is 11.8 Å². The lowest BCUT2D eigenvalue weighted by Gasteiger charge is -2.21. The maximum absolute atomic E-state index is 10.5. The van der Waals surface area contributed by atoms with E-state index < -0.39 is 0 Å². The molecule has 4 nitrogen and oxygen atoms in total. The van der Waals surface area contributed by atoms with Crippen molar-refractivity contribution in [1.29, 1.82) is 0 Å². The fraction of sp³-hybridized carbons (Fsp3) is 0.826. The molecule has 1 fully saturated rings. The van der Waals surface area contributed by atoms with E-state index in [-0.39, 0.29) is 30.1 Å². The molecule has 4 heteroatoms. The summed E-state index contributed by atoms with van der Waals surface area (Å²) in [5.41, 5.74) is 0. The molecule has 0 amide bonds. The van der Waals surface area contributed by atoms with Crippen LogP contribution in [0.25, 0.3) is 0 Å². The van der Waals surface area contributed by atoms with Crippen molar-refractivity contribution in [3.05, 3.63) is 24.3 Å². The minimum Gasteiger partial charge on any atom is -0.393 e. The number of allylic oxidation sites excluding steroid dienone is 2. The third kappa shape index (κ3) is 9.89. The molecule has 0 aromatic carbocycles. The van der Waals surface area contributed by atoms with Crippen molar-refractivity contribution in [2.24, 2.45) is 11.8 Å². The summed E-state index contributed by atoms with van der Waals surface area (Å²) in [6.07, 6.45) is 17.1. The Morgan fingerprint density at radius 3 is 2.59 bits per heavy atom. The second kappa shape index (κ2) is 14.3. The Hall–Kier alpha value is -0.680. The molecule has 5 unspecified atom stereocenters. The minimum absolute atomic E-state index is 0.0394. The summed E-state index contributed by atoms with van der Waals surface area (Å²) in [6, 6.07) is 0. The third-order valence-corrected chi connectivity index (χ3v) is 5.65. The molecule has 0 aromatic heterocycles. The molecular formula is C23H43NO3. The molecule has 1 aliphatic rings. The smallest absolute Gasteiger partial charge is 0.0721 e. The second-order valence-corrected chi connectivity index (χ2v) is 8.27. The Balaban J connectivity index is 2.49. The normalized spacial score (nSPS) is 27.4. The molecule has 1 saturated carbocycles. The van der Waals surface area contributed by atoms with Crippen LogP contribution in [-0.4, -0.2) is 61.2 Å². The first-order valence-corrected chi connectivity index (χ1v) is 10.9. The summed E-state index contributed by atoms with van der Waals surface area (Å²) in [4.78, 5) is 2.22.